The van der Waals surface area contributed by atoms with Crippen molar-refractivity contribution in [1.82, 2.24) is 9.78 Å². The fourth-order valence-corrected chi connectivity index (χ4v) is 1.96. The van der Waals surface area contributed by atoms with Crippen LogP contribution in [-0.4, -0.2) is 20.9 Å². The van der Waals surface area contributed by atoms with Gasteiger partial charge in [-0.2, -0.15) is 5.10 Å². The molecule has 0 saturated carbocycles. The van der Waals surface area contributed by atoms with E-state index in [-0.39, 0.29) is 5.69 Å². The predicted molar refractivity (Wildman–Crippen MR) is 64.5 cm³/mol. The zero-order valence-corrected chi connectivity index (χ0v) is 9.41. The summed E-state index contributed by atoms with van der Waals surface area (Å²) in [7, 11) is 0. The Morgan fingerprint density at radius 2 is 2.17 bits per heavy atom. The summed E-state index contributed by atoms with van der Waals surface area (Å²) in [5, 5.41) is 13.9. The molecule has 0 radical (unpaired) electrons. The van der Waals surface area contributed by atoms with Crippen LogP contribution < -0.4 is 0 Å². The number of carboxylic acid groups (broad SMARTS) is 1. The number of rotatable bonds is 3. The quantitative estimate of drug-likeness (QED) is 0.765. The van der Waals surface area contributed by atoms with E-state index in [1.165, 1.54) is 0 Å². The maximum Gasteiger partial charge on any atom is 0.357 e. The van der Waals surface area contributed by atoms with Crippen LogP contribution >= 0.6 is 0 Å². The number of furan rings is 1. The van der Waals surface area contributed by atoms with Crippen LogP contribution in [0.1, 0.15) is 16.1 Å². The van der Waals surface area contributed by atoms with Crippen molar-refractivity contribution < 1.29 is 14.3 Å². The van der Waals surface area contributed by atoms with Gasteiger partial charge in [-0.25, -0.2) is 4.79 Å². The first-order chi connectivity index (χ1) is 8.75. The molecule has 0 spiro atoms. The van der Waals surface area contributed by atoms with Crippen molar-refractivity contribution >= 4 is 16.9 Å². The van der Waals surface area contributed by atoms with E-state index in [1.54, 1.807) is 29.3 Å². The summed E-state index contributed by atoms with van der Waals surface area (Å²) in [5.74, 6) is -1.02. The van der Waals surface area contributed by atoms with Crippen LogP contribution in [0.15, 0.2) is 47.3 Å². The van der Waals surface area contributed by atoms with E-state index < -0.39 is 5.97 Å². The van der Waals surface area contributed by atoms with E-state index in [4.69, 9.17) is 9.52 Å². The summed E-state index contributed by atoms with van der Waals surface area (Å²) in [6, 6.07) is 9.11. The largest absolute Gasteiger partial charge is 0.476 e. The standard InChI is InChI=1S/C13H10N2O3/c16-13(17)12-10-3-1-2-4-11(10)15(14-12)7-9-5-6-18-8-9/h1-6,8H,7H2,(H,16,17). The van der Waals surface area contributed by atoms with Gasteiger partial charge >= 0.3 is 5.97 Å². The zero-order valence-electron chi connectivity index (χ0n) is 9.41. The number of carbonyl (C=O) groups is 1. The van der Waals surface area contributed by atoms with Gasteiger partial charge in [0, 0.05) is 10.9 Å². The molecule has 2 aromatic heterocycles. The zero-order chi connectivity index (χ0) is 12.5. The van der Waals surface area contributed by atoms with E-state index in [0.717, 1.165) is 11.1 Å². The Morgan fingerprint density at radius 1 is 1.33 bits per heavy atom. The third kappa shape index (κ3) is 1.66. The minimum Gasteiger partial charge on any atom is -0.476 e. The second kappa shape index (κ2) is 4.03. The Morgan fingerprint density at radius 3 is 2.89 bits per heavy atom. The minimum atomic E-state index is -1.02. The van der Waals surface area contributed by atoms with Crippen molar-refractivity contribution in [1.29, 1.82) is 0 Å². The Bertz CT molecular complexity index is 698. The van der Waals surface area contributed by atoms with E-state index in [0.29, 0.717) is 11.9 Å². The topological polar surface area (TPSA) is 68.3 Å². The van der Waals surface area contributed by atoms with E-state index >= 15 is 0 Å². The fourth-order valence-electron chi connectivity index (χ4n) is 1.96. The molecule has 5 nitrogen and oxygen atoms in total. The van der Waals surface area contributed by atoms with Crippen LogP contribution in [0.3, 0.4) is 0 Å². The van der Waals surface area contributed by atoms with Gasteiger partial charge in [0.05, 0.1) is 24.6 Å². The Balaban J connectivity index is 2.14. The SMILES string of the molecule is O=C(O)c1nn(Cc2ccoc2)c2ccccc12. The van der Waals surface area contributed by atoms with E-state index in [9.17, 15) is 4.79 Å². The van der Waals surface area contributed by atoms with Crippen LogP contribution in [0.25, 0.3) is 10.9 Å². The summed E-state index contributed by atoms with van der Waals surface area (Å²) in [6.45, 7) is 0.490. The molecule has 3 rings (SSSR count). The summed E-state index contributed by atoms with van der Waals surface area (Å²) >= 11 is 0. The maximum absolute atomic E-state index is 11.1. The third-order valence-electron chi connectivity index (χ3n) is 2.77. The summed E-state index contributed by atoms with van der Waals surface area (Å²) in [6.07, 6.45) is 3.20. The summed E-state index contributed by atoms with van der Waals surface area (Å²) < 4.78 is 6.67. The highest BCUT2D eigenvalue weighted by Gasteiger charge is 2.15. The lowest BCUT2D eigenvalue weighted by atomic mass is 10.2. The highest BCUT2D eigenvalue weighted by Crippen LogP contribution is 2.19. The molecule has 0 aliphatic rings. The van der Waals surface area contributed by atoms with Crippen molar-refractivity contribution in [3.63, 3.8) is 0 Å². The number of fused-ring (bicyclic) bond motifs is 1. The molecule has 3 aromatic rings. The lowest BCUT2D eigenvalue weighted by Gasteiger charge is -1.99. The van der Waals surface area contributed by atoms with Crippen molar-refractivity contribution in [2.45, 2.75) is 6.54 Å². The van der Waals surface area contributed by atoms with Crippen LogP contribution in [0.4, 0.5) is 0 Å². The van der Waals surface area contributed by atoms with Crippen LogP contribution in [0, 0.1) is 0 Å². The third-order valence-corrected chi connectivity index (χ3v) is 2.77. The Kier molecular flexibility index (Phi) is 2.37. The molecule has 0 aliphatic heterocycles. The molecule has 18 heavy (non-hydrogen) atoms. The normalized spacial score (nSPS) is 10.9. The molecule has 90 valence electrons. The monoisotopic (exact) mass is 242 g/mol. The lowest BCUT2D eigenvalue weighted by molar-refractivity contribution is 0.0691. The van der Waals surface area contributed by atoms with Crippen LogP contribution in [0.5, 0.6) is 0 Å². The molecular weight excluding hydrogens is 232 g/mol. The van der Waals surface area contributed by atoms with Gasteiger partial charge in [-0.15, -0.1) is 0 Å². The second-order valence-electron chi connectivity index (χ2n) is 3.96. The highest BCUT2D eigenvalue weighted by atomic mass is 16.4. The Hall–Kier alpha value is -2.56. The number of hydrogen-bond donors (Lipinski definition) is 1. The van der Waals surface area contributed by atoms with Crippen LogP contribution in [0.2, 0.25) is 0 Å². The van der Waals surface area contributed by atoms with Gasteiger partial charge in [0.25, 0.3) is 0 Å². The first kappa shape index (κ1) is 10.6. The highest BCUT2D eigenvalue weighted by molar-refractivity contribution is 6.01. The Labute approximate surface area is 102 Å². The molecule has 0 saturated heterocycles. The molecule has 0 fully saturated rings. The number of benzene rings is 1. The molecule has 2 heterocycles. The summed E-state index contributed by atoms with van der Waals surface area (Å²) in [5.41, 5.74) is 1.82. The minimum absolute atomic E-state index is 0.0779. The second-order valence-corrected chi connectivity index (χ2v) is 3.96. The molecule has 1 N–H and O–H groups in total. The van der Waals surface area contributed by atoms with E-state index in [1.807, 2.05) is 18.2 Å². The molecule has 0 atom stereocenters. The van der Waals surface area contributed by atoms with Gasteiger partial charge in [-0.3, -0.25) is 4.68 Å². The van der Waals surface area contributed by atoms with Gasteiger partial charge < -0.3 is 9.52 Å². The van der Waals surface area contributed by atoms with E-state index in [2.05, 4.69) is 5.10 Å². The molecule has 5 heteroatoms. The first-order valence-corrected chi connectivity index (χ1v) is 5.45. The van der Waals surface area contributed by atoms with Gasteiger partial charge in [0.1, 0.15) is 0 Å². The average Bonchev–Trinajstić information content (AvgIpc) is 2.98. The molecule has 0 bridgehead atoms. The van der Waals surface area contributed by atoms with Crippen LogP contribution in [-0.2, 0) is 6.54 Å². The average molecular weight is 242 g/mol. The van der Waals surface area contributed by atoms with Gasteiger partial charge in [-0.05, 0) is 12.1 Å². The molecule has 1 aromatic carbocycles. The van der Waals surface area contributed by atoms with Gasteiger partial charge in [0.2, 0.25) is 0 Å². The number of para-hydroxylation sites is 1. The number of nitrogens with zero attached hydrogens (tertiary/aromatic N) is 2. The van der Waals surface area contributed by atoms with Crippen molar-refractivity contribution in [2.24, 2.45) is 0 Å². The van der Waals surface area contributed by atoms with Gasteiger partial charge in [-0.1, -0.05) is 18.2 Å². The smallest absolute Gasteiger partial charge is 0.357 e. The lowest BCUT2D eigenvalue weighted by Crippen LogP contribution is -2.03. The van der Waals surface area contributed by atoms with Gasteiger partial charge in [0.15, 0.2) is 5.69 Å². The number of aromatic nitrogens is 2. The summed E-state index contributed by atoms with van der Waals surface area (Å²) in [4.78, 5) is 11.1. The number of aromatic carboxylic acids is 1. The van der Waals surface area contributed by atoms with Crippen molar-refractivity contribution in [3.05, 3.63) is 54.1 Å². The predicted octanol–water partition coefficient (Wildman–Crippen LogP) is 2.38. The molecule has 0 aliphatic carbocycles. The first-order valence-electron chi connectivity index (χ1n) is 5.45. The fraction of sp³-hybridized carbons (Fsp3) is 0.0769. The maximum atomic E-state index is 11.1. The van der Waals surface area contributed by atoms with Crippen molar-refractivity contribution in [3.8, 4) is 0 Å². The molecular formula is C13H10N2O3. The molecule has 0 amide bonds. The molecule has 0 unspecified atom stereocenters. The van der Waals surface area contributed by atoms with Crippen molar-refractivity contribution in [2.75, 3.05) is 0 Å². The number of carboxylic acids is 1. The number of hydrogen-bond acceptors (Lipinski definition) is 3.